The Morgan fingerprint density at radius 2 is 2.20 bits per heavy atom. The van der Waals surface area contributed by atoms with Crippen LogP contribution in [0.1, 0.15) is 36.0 Å². The Bertz CT molecular complexity index is 685. The highest BCUT2D eigenvalue weighted by atomic mass is 79.9. The zero-order valence-electron chi connectivity index (χ0n) is 11.2. The molecule has 0 atom stereocenters. The molecule has 2 aromatic heterocycles. The molecule has 0 amide bonds. The van der Waals surface area contributed by atoms with Gasteiger partial charge in [-0.3, -0.25) is 0 Å². The average molecular weight is 345 g/mol. The Hall–Kier alpha value is -1.90. The van der Waals surface area contributed by atoms with Gasteiger partial charge in [0.1, 0.15) is 0 Å². The summed E-state index contributed by atoms with van der Waals surface area (Å²) in [6.45, 7) is 3.73. The predicted octanol–water partition coefficient (Wildman–Crippen LogP) is 1.21. The second-order valence-corrected chi connectivity index (χ2v) is 5.14. The van der Waals surface area contributed by atoms with Gasteiger partial charge in [0.2, 0.25) is 5.76 Å². The summed E-state index contributed by atoms with van der Waals surface area (Å²) >= 11 is 3.14. The standard InChI is InChI=1S/C11H13BrN4O4/c1-6(2)16-11(18)15(13-14-16)5-7-4-8(12)20-9(7)10(17)19-3/h4,6H,5H2,1-3H3. The summed E-state index contributed by atoms with van der Waals surface area (Å²) in [4.78, 5) is 23.6. The van der Waals surface area contributed by atoms with Crippen molar-refractivity contribution in [3.8, 4) is 0 Å². The van der Waals surface area contributed by atoms with Gasteiger partial charge < -0.3 is 9.15 Å². The summed E-state index contributed by atoms with van der Waals surface area (Å²) < 4.78 is 12.6. The molecule has 0 aliphatic heterocycles. The lowest BCUT2D eigenvalue weighted by molar-refractivity contribution is 0.0561. The zero-order chi connectivity index (χ0) is 14.9. The Morgan fingerprint density at radius 1 is 1.50 bits per heavy atom. The quantitative estimate of drug-likeness (QED) is 0.774. The van der Waals surface area contributed by atoms with Gasteiger partial charge in [-0.15, -0.1) is 0 Å². The molecule has 108 valence electrons. The molecule has 0 aromatic carbocycles. The van der Waals surface area contributed by atoms with Crippen LogP contribution in [0.15, 0.2) is 19.9 Å². The number of carbonyl (C=O) groups excluding carboxylic acids is 1. The van der Waals surface area contributed by atoms with Crippen molar-refractivity contribution in [2.45, 2.75) is 26.4 Å². The summed E-state index contributed by atoms with van der Waals surface area (Å²) in [5.74, 6) is -0.583. The maximum Gasteiger partial charge on any atom is 0.374 e. The number of esters is 1. The Balaban J connectivity index is 2.36. The molecule has 8 nitrogen and oxygen atoms in total. The van der Waals surface area contributed by atoms with Gasteiger partial charge in [0.15, 0.2) is 4.67 Å². The highest BCUT2D eigenvalue weighted by molar-refractivity contribution is 9.10. The molecule has 0 fully saturated rings. The van der Waals surface area contributed by atoms with Crippen molar-refractivity contribution in [2.24, 2.45) is 0 Å². The van der Waals surface area contributed by atoms with Crippen molar-refractivity contribution in [3.05, 3.63) is 32.5 Å². The summed E-state index contributed by atoms with van der Waals surface area (Å²) in [5.41, 5.74) is 0.134. The van der Waals surface area contributed by atoms with Crippen LogP contribution < -0.4 is 5.69 Å². The van der Waals surface area contributed by atoms with E-state index in [1.54, 1.807) is 6.07 Å². The highest BCUT2D eigenvalue weighted by Gasteiger charge is 2.20. The lowest BCUT2D eigenvalue weighted by atomic mass is 10.2. The third kappa shape index (κ3) is 2.67. The van der Waals surface area contributed by atoms with Crippen molar-refractivity contribution >= 4 is 21.9 Å². The molecule has 0 unspecified atom stereocenters. The summed E-state index contributed by atoms with van der Waals surface area (Å²) in [6, 6.07) is 1.50. The van der Waals surface area contributed by atoms with E-state index in [4.69, 9.17) is 4.42 Å². The first-order valence-electron chi connectivity index (χ1n) is 5.83. The first-order valence-corrected chi connectivity index (χ1v) is 6.62. The van der Waals surface area contributed by atoms with Crippen LogP contribution in [0.2, 0.25) is 0 Å². The van der Waals surface area contributed by atoms with Crippen molar-refractivity contribution in [2.75, 3.05) is 7.11 Å². The highest BCUT2D eigenvalue weighted by Crippen LogP contribution is 2.21. The first kappa shape index (κ1) is 14.5. The van der Waals surface area contributed by atoms with Gasteiger partial charge in [-0.2, -0.15) is 9.36 Å². The number of aromatic nitrogens is 4. The molecule has 2 aromatic rings. The van der Waals surface area contributed by atoms with Gasteiger partial charge >= 0.3 is 11.7 Å². The SMILES string of the molecule is COC(=O)c1oc(Br)cc1Cn1nnn(C(C)C)c1=O. The molecule has 0 saturated carbocycles. The van der Waals surface area contributed by atoms with Crippen LogP contribution in [-0.2, 0) is 11.3 Å². The van der Waals surface area contributed by atoms with Gasteiger partial charge in [-0.05, 0) is 46.3 Å². The third-order valence-electron chi connectivity index (χ3n) is 2.62. The van der Waals surface area contributed by atoms with Gasteiger partial charge in [0.25, 0.3) is 0 Å². The molecule has 0 saturated heterocycles. The van der Waals surface area contributed by atoms with Crippen LogP contribution in [0.4, 0.5) is 0 Å². The second-order valence-electron chi connectivity index (χ2n) is 4.35. The van der Waals surface area contributed by atoms with E-state index in [1.807, 2.05) is 13.8 Å². The number of halogens is 1. The van der Waals surface area contributed by atoms with E-state index >= 15 is 0 Å². The minimum atomic E-state index is -0.616. The molecule has 2 rings (SSSR count). The molecule has 0 N–H and O–H groups in total. The normalized spacial score (nSPS) is 11.1. The van der Waals surface area contributed by atoms with E-state index in [9.17, 15) is 9.59 Å². The monoisotopic (exact) mass is 344 g/mol. The van der Waals surface area contributed by atoms with E-state index in [0.29, 0.717) is 10.2 Å². The molecule has 0 aliphatic rings. The van der Waals surface area contributed by atoms with Crippen LogP contribution in [0.3, 0.4) is 0 Å². The molecule has 0 radical (unpaired) electrons. The van der Waals surface area contributed by atoms with Gasteiger partial charge in [-0.1, -0.05) is 0 Å². The number of nitrogens with zero attached hydrogens (tertiary/aromatic N) is 4. The minimum Gasteiger partial charge on any atom is -0.463 e. The number of ether oxygens (including phenoxy) is 1. The molecule has 2 heterocycles. The van der Waals surface area contributed by atoms with Crippen LogP contribution >= 0.6 is 15.9 Å². The summed E-state index contributed by atoms with van der Waals surface area (Å²) in [6.07, 6.45) is 0. The smallest absolute Gasteiger partial charge is 0.374 e. The largest absolute Gasteiger partial charge is 0.463 e. The number of tetrazole rings is 1. The number of rotatable bonds is 4. The molecule has 0 aliphatic carbocycles. The van der Waals surface area contributed by atoms with Crippen molar-refractivity contribution in [1.82, 2.24) is 19.8 Å². The van der Waals surface area contributed by atoms with Crippen LogP contribution in [0.5, 0.6) is 0 Å². The maximum absolute atomic E-state index is 12.0. The second kappa shape index (κ2) is 5.61. The maximum atomic E-state index is 12.0. The zero-order valence-corrected chi connectivity index (χ0v) is 12.7. The summed E-state index contributed by atoms with van der Waals surface area (Å²) in [5, 5.41) is 7.55. The fraction of sp³-hybridized carbons (Fsp3) is 0.455. The van der Waals surface area contributed by atoms with Crippen LogP contribution in [0.25, 0.3) is 0 Å². The summed E-state index contributed by atoms with van der Waals surface area (Å²) in [7, 11) is 1.25. The Morgan fingerprint density at radius 3 is 2.75 bits per heavy atom. The number of furan rings is 1. The van der Waals surface area contributed by atoms with Gasteiger partial charge in [0.05, 0.1) is 19.7 Å². The number of hydrogen-bond acceptors (Lipinski definition) is 6. The van der Waals surface area contributed by atoms with Crippen LogP contribution in [0, 0.1) is 0 Å². The van der Waals surface area contributed by atoms with E-state index in [1.165, 1.54) is 11.8 Å². The van der Waals surface area contributed by atoms with Gasteiger partial charge in [-0.25, -0.2) is 9.59 Å². The van der Waals surface area contributed by atoms with E-state index in [-0.39, 0.29) is 24.0 Å². The molecule has 0 spiro atoms. The molecule has 20 heavy (non-hydrogen) atoms. The van der Waals surface area contributed by atoms with E-state index < -0.39 is 5.97 Å². The lowest BCUT2D eigenvalue weighted by Gasteiger charge is -2.01. The molecular weight excluding hydrogens is 332 g/mol. The van der Waals surface area contributed by atoms with E-state index in [0.717, 1.165) is 4.68 Å². The third-order valence-corrected chi connectivity index (χ3v) is 3.01. The van der Waals surface area contributed by atoms with Crippen LogP contribution in [-0.4, -0.2) is 32.9 Å². The fourth-order valence-corrected chi connectivity index (χ4v) is 2.09. The minimum absolute atomic E-state index is 0.0328. The van der Waals surface area contributed by atoms with E-state index in [2.05, 4.69) is 31.1 Å². The first-order chi connectivity index (χ1) is 9.43. The predicted molar refractivity (Wildman–Crippen MR) is 71.5 cm³/mol. The van der Waals surface area contributed by atoms with Crippen molar-refractivity contribution in [3.63, 3.8) is 0 Å². The van der Waals surface area contributed by atoms with Crippen molar-refractivity contribution < 1.29 is 13.9 Å². The molecular formula is C11H13BrN4O4. The average Bonchev–Trinajstić information content (AvgIpc) is 2.93. The lowest BCUT2D eigenvalue weighted by Crippen LogP contribution is -2.27. The number of hydrogen-bond donors (Lipinski definition) is 0. The number of methoxy groups -OCH3 is 1. The molecule has 0 bridgehead atoms. The Kier molecular flexibility index (Phi) is 4.07. The topological polar surface area (TPSA) is 92.2 Å². The van der Waals surface area contributed by atoms with Crippen molar-refractivity contribution in [1.29, 1.82) is 0 Å². The van der Waals surface area contributed by atoms with Gasteiger partial charge in [0, 0.05) is 5.56 Å². The fourth-order valence-electron chi connectivity index (χ4n) is 1.65. The Labute approximate surface area is 122 Å². The number of carbonyl (C=O) groups is 1. The molecule has 9 heteroatoms.